The SMILES string of the molecule is O=C(c1cc[nH]c(=O)c1)N1CCCC1c1cccnc1. The molecule has 0 radical (unpaired) electrons. The molecule has 1 aliphatic heterocycles. The number of hydrogen-bond donors (Lipinski definition) is 1. The lowest BCUT2D eigenvalue weighted by molar-refractivity contribution is 0.0735. The van der Waals surface area contributed by atoms with Crippen LogP contribution >= 0.6 is 0 Å². The van der Waals surface area contributed by atoms with Gasteiger partial charge in [-0.25, -0.2) is 0 Å². The summed E-state index contributed by atoms with van der Waals surface area (Å²) in [6.45, 7) is 0.713. The smallest absolute Gasteiger partial charge is 0.254 e. The molecule has 5 nitrogen and oxygen atoms in total. The van der Waals surface area contributed by atoms with E-state index in [1.165, 1.54) is 12.3 Å². The summed E-state index contributed by atoms with van der Waals surface area (Å²) in [7, 11) is 0. The lowest BCUT2D eigenvalue weighted by Crippen LogP contribution is -2.31. The summed E-state index contributed by atoms with van der Waals surface area (Å²) in [5.41, 5.74) is 1.22. The van der Waals surface area contributed by atoms with Gasteiger partial charge in [0.15, 0.2) is 0 Å². The van der Waals surface area contributed by atoms with Crippen LogP contribution < -0.4 is 5.56 Å². The average molecular weight is 269 g/mol. The van der Waals surface area contributed by atoms with Crippen molar-refractivity contribution < 1.29 is 4.79 Å². The molecule has 1 unspecified atom stereocenters. The van der Waals surface area contributed by atoms with Gasteiger partial charge in [0.25, 0.3) is 5.91 Å². The molecular weight excluding hydrogens is 254 g/mol. The molecule has 20 heavy (non-hydrogen) atoms. The van der Waals surface area contributed by atoms with Gasteiger partial charge in [-0.2, -0.15) is 0 Å². The lowest BCUT2D eigenvalue weighted by Gasteiger charge is -2.24. The first kappa shape index (κ1) is 12.6. The van der Waals surface area contributed by atoms with Gasteiger partial charge in [0.1, 0.15) is 0 Å². The number of likely N-dealkylation sites (tertiary alicyclic amines) is 1. The molecule has 102 valence electrons. The van der Waals surface area contributed by atoms with Crippen LogP contribution in [0.15, 0.2) is 47.7 Å². The molecule has 2 aromatic rings. The molecule has 0 aromatic carbocycles. The van der Waals surface area contributed by atoms with Crippen LogP contribution in [0, 0.1) is 0 Å². The zero-order chi connectivity index (χ0) is 13.9. The number of nitrogens with zero attached hydrogens (tertiary/aromatic N) is 2. The Morgan fingerprint density at radius 3 is 3.05 bits per heavy atom. The Balaban J connectivity index is 1.89. The Morgan fingerprint density at radius 1 is 1.40 bits per heavy atom. The maximum Gasteiger partial charge on any atom is 0.254 e. The lowest BCUT2D eigenvalue weighted by atomic mass is 10.1. The third kappa shape index (κ3) is 2.34. The Bertz CT molecular complexity index is 666. The number of hydrogen-bond acceptors (Lipinski definition) is 3. The fourth-order valence-electron chi connectivity index (χ4n) is 2.67. The van der Waals surface area contributed by atoms with E-state index in [-0.39, 0.29) is 17.5 Å². The summed E-state index contributed by atoms with van der Waals surface area (Å²) in [5.74, 6) is -0.0950. The highest BCUT2D eigenvalue weighted by molar-refractivity contribution is 5.94. The molecule has 3 rings (SSSR count). The Hall–Kier alpha value is -2.43. The number of carbonyl (C=O) groups excluding carboxylic acids is 1. The zero-order valence-electron chi connectivity index (χ0n) is 11.0. The molecule has 1 N–H and O–H groups in total. The number of nitrogens with one attached hydrogen (secondary N) is 1. The third-order valence-electron chi connectivity index (χ3n) is 3.60. The third-order valence-corrected chi connectivity index (χ3v) is 3.60. The van der Waals surface area contributed by atoms with Crippen molar-refractivity contribution in [1.82, 2.24) is 14.9 Å². The van der Waals surface area contributed by atoms with Crippen LogP contribution in [0.3, 0.4) is 0 Å². The van der Waals surface area contributed by atoms with Crippen molar-refractivity contribution in [2.75, 3.05) is 6.54 Å². The van der Waals surface area contributed by atoms with Crippen LogP contribution in [0.5, 0.6) is 0 Å². The van der Waals surface area contributed by atoms with Crippen molar-refractivity contribution in [3.8, 4) is 0 Å². The predicted molar refractivity (Wildman–Crippen MR) is 74.3 cm³/mol. The standard InChI is InChI=1S/C15H15N3O2/c19-14-9-11(5-7-17-14)15(20)18-8-2-4-13(18)12-3-1-6-16-10-12/h1,3,5-7,9-10,13H,2,4,8H2,(H,17,19). The van der Waals surface area contributed by atoms with Gasteiger partial charge in [-0.3, -0.25) is 14.6 Å². The molecule has 1 fully saturated rings. The van der Waals surface area contributed by atoms with Crippen molar-refractivity contribution in [2.45, 2.75) is 18.9 Å². The Morgan fingerprint density at radius 2 is 2.30 bits per heavy atom. The summed E-state index contributed by atoms with van der Waals surface area (Å²) >= 11 is 0. The highest BCUT2D eigenvalue weighted by Gasteiger charge is 2.30. The van der Waals surface area contributed by atoms with E-state index in [0.717, 1.165) is 18.4 Å². The van der Waals surface area contributed by atoms with Gasteiger partial charge in [-0.15, -0.1) is 0 Å². The average Bonchev–Trinajstić information content (AvgIpc) is 2.97. The zero-order valence-corrected chi connectivity index (χ0v) is 11.0. The second-order valence-corrected chi connectivity index (χ2v) is 4.88. The van der Waals surface area contributed by atoms with E-state index in [4.69, 9.17) is 0 Å². The van der Waals surface area contributed by atoms with Gasteiger partial charge in [0.05, 0.1) is 6.04 Å². The predicted octanol–water partition coefficient (Wildman–Crippen LogP) is 1.75. The van der Waals surface area contributed by atoms with Gasteiger partial charge in [-0.1, -0.05) is 6.07 Å². The van der Waals surface area contributed by atoms with Crippen molar-refractivity contribution in [2.24, 2.45) is 0 Å². The quantitative estimate of drug-likeness (QED) is 0.903. The van der Waals surface area contributed by atoms with E-state index in [9.17, 15) is 9.59 Å². The molecule has 2 aromatic heterocycles. The maximum atomic E-state index is 12.5. The Labute approximate surface area is 116 Å². The van der Waals surface area contributed by atoms with Crippen molar-refractivity contribution in [3.05, 3.63) is 64.3 Å². The van der Waals surface area contributed by atoms with Crippen LogP contribution in [0.1, 0.15) is 34.8 Å². The molecule has 5 heteroatoms. The van der Waals surface area contributed by atoms with Crippen molar-refractivity contribution in [1.29, 1.82) is 0 Å². The minimum atomic E-state index is -0.257. The molecule has 0 aliphatic carbocycles. The number of aromatic amines is 1. The number of aromatic nitrogens is 2. The number of amides is 1. The molecule has 0 bridgehead atoms. The van der Waals surface area contributed by atoms with Gasteiger partial charge in [-0.05, 0) is 30.5 Å². The molecular formula is C15H15N3O2. The minimum absolute atomic E-state index is 0.0514. The highest BCUT2D eigenvalue weighted by atomic mass is 16.2. The summed E-state index contributed by atoms with van der Waals surface area (Å²) < 4.78 is 0. The normalized spacial score (nSPS) is 18.2. The van der Waals surface area contributed by atoms with E-state index < -0.39 is 0 Å². The molecule has 1 atom stereocenters. The van der Waals surface area contributed by atoms with Crippen LogP contribution in [0.4, 0.5) is 0 Å². The van der Waals surface area contributed by atoms with E-state index in [2.05, 4.69) is 9.97 Å². The molecule has 1 amide bonds. The fraction of sp³-hybridized carbons (Fsp3) is 0.267. The first-order valence-corrected chi connectivity index (χ1v) is 6.65. The largest absolute Gasteiger partial charge is 0.332 e. The van der Waals surface area contributed by atoms with E-state index in [0.29, 0.717) is 12.1 Å². The van der Waals surface area contributed by atoms with E-state index >= 15 is 0 Å². The fourth-order valence-corrected chi connectivity index (χ4v) is 2.67. The topological polar surface area (TPSA) is 66.1 Å². The minimum Gasteiger partial charge on any atom is -0.332 e. The molecule has 1 aliphatic rings. The van der Waals surface area contributed by atoms with Crippen LogP contribution in [0.25, 0.3) is 0 Å². The number of rotatable bonds is 2. The number of carbonyl (C=O) groups is 1. The monoisotopic (exact) mass is 269 g/mol. The first-order chi connectivity index (χ1) is 9.75. The second kappa shape index (κ2) is 5.28. The molecule has 3 heterocycles. The summed E-state index contributed by atoms with van der Waals surface area (Å²) in [6.07, 6.45) is 6.93. The van der Waals surface area contributed by atoms with Crippen molar-refractivity contribution in [3.63, 3.8) is 0 Å². The first-order valence-electron chi connectivity index (χ1n) is 6.65. The maximum absolute atomic E-state index is 12.5. The van der Waals surface area contributed by atoms with Gasteiger partial charge < -0.3 is 9.88 Å². The summed E-state index contributed by atoms with van der Waals surface area (Å²) in [4.78, 5) is 32.3. The van der Waals surface area contributed by atoms with Gasteiger partial charge in [0.2, 0.25) is 5.56 Å². The van der Waals surface area contributed by atoms with E-state index in [1.807, 2.05) is 17.0 Å². The molecule has 1 saturated heterocycles. The summed E-state index contributed by atoms with van der Waals surface area (Å²) in [5, 5.41) is 0. The van der Waals surface area contributed by atoms with Crippen molar-refractivity contribution >= 4 is 5.91 Å². The molecule has 0 saturated carbocycles. The number of pyridine rings is 2. The van der Waals surface area contributed by atoms with Gasteiger partial charge in [0, 0.05) is 36.8 Å². The molecule has 0 spiro atoms. The number of H-pyrrole nitrogens is 1. The van der Waals surface area contributed by atoms with Gasteiger partial charge >= 0.3 is 0 Å². The van der Waals surface area contributed by atoms with Crippen LogP contribution in [-0.4, -0.2) is 27.3 Å². The Kier molecular flexibility index (Phi) is 3.33. The van der Waals surface area contributed by atoms with Crippen LogP contribution in [-0.2, 0) is 0 Å². The summed E-state index contributed by atoms with van der Waals surface area (Å²) in [6, 6.07) is 6.91. The second-order valence-electron chi connectivity index (χ2n) is 4.88. The highest BCUT2D eigenvalue weighted by Crippen LogP contribution is 2.32. The van der Waals surface area contributed by atoms with E-state index in [1.54, 1.807) is 18.5 Å². The van der Waals surface area contributed by atoms with Crippen LogP contribution in [0.2, 0.25) is 0 Å².